The largest absolute Gasteiger partial charge is 0.384 e. The van der Waals surface area contributed by atoms with Crippen molar-refractivity contribution in [1.82, 2.24) is 9.80 Å². The number of carbonyl (C=O) groups excluding carboxylic acids is 1. The van der Waals surface area contributed by atoms with Crippen LogP contribution in [0.25, 0.3) is 0 Å². The molecule has 4 nitrogen and oxygen atoms in total. The number of benzene rings is 1. The predicted molar refractivity (Wildman–Crippen MR) is 87.9 cm³/mol. The second-order valence-corrected chi connectivity index (χ2v) is 6.50. The van der Waals surface area contributed by atoms with E-state index in [-0.39, 0.29) is 5.91 Å². The van der Waals surface area contributed by atoms with Crippen molar-refractivity contribution in [1.29, 1.82) is 0 Å². The fourth-order valence-corrected chi connectivity index (χ4v) is 2.66. The molecule has 0 unspecified atom stereocenters. The molecular formula is C17H27N3O. The molecule has 0 aliphatic carbocycles. The molecule has 1 aliphatic heterocycles. The highest BCUT2D eigenvalue weighted by molar-refractivity contribution is 5.95. The van der Waals surface area contributed by atoms with Gasteiger partial charge in [0.1, 0.15) is 0 Å². The third-order valence-corrected chi connectivity index (χ3v) is 3.75. The number of rotatable bonds is 6. The molecule has 0 saturated heterocycles. The van der Waals surface area contributed by atoms with E-state index in [1.807, 2.05) is 31.1 Å². The lowest BCUT2D eigenvalue weighted by molar-refractivity contribution is 0.0724. The molecule has 0 saturated carbocycles. The van der Waals surface area contributed by atoms with Gasteiger partial charge in [0, 0.05) is 37.4 Å². The van der Waals surface area contributed by atoms with Crippen molar-refractivity contribution < 1.29 is 4.79 Å². The fourth-order valence-electron chi connectivity index (χ4n) is 2.66. The summed E-state index contributed by atoms with van der Waals surface area (Å²) in [7, 11) is 4.08. The van der Waals surface area contributed by atoms with E-state index in [4.69, 9.17) is 0 Å². The number of amides is 1. The number of carbonyl (C=O) groups is 1. The predicted octanol–water partition coefficient (Wildman–Crippen LogP) is 2.31. The standard InChI is InChI=1S/C17H27N3O/c1-13(2)12-20(10-9-19(3)4)17(21)15-5-6-16-14(11-15)7-8-18-16/h5-6,11,13,18H,7-10,12H2,1-4H3. The molecule has 1 aromatic rings. The average Bonchev–Trinajstić information content (AvgIpc) is 2.89. The highest BCUT2D eigenvalue weighted by atomic mass is 16.2. The van der Waals surface area contributed by atoms with Crippen LogP contribution < -0.4 is 5.32 Å². The zero-order valence-electron chi connectivity index (χ0n) is 13.6. The highest BCUT2D eigenvalue weighted by Crippen LogP contribution is 2.23. The van der Waals surface area contributed by atoms with E-state index in [9.17, 15) is 4.79 Å². The first-order valence-corrected chi connectivity index (χ1v) is 7.78. The van der Waals surface area contributed by atoms with Gasteiger partial charge >= 0.3 is 0 Å². The Morgan fingerprint density at radius 3 is 2.71 bits per heavy atom. The van der Waals surface area contributed by atoms with E-state index in [2.05, 4.69) is 30.1 Å². The molecule has 0 aromatic heterocycles. The smallest absolute Gasteiger partial charge is 0.253 e. The summed E-state index contributed by atoms with van der Waals surface area (Å²) < 4.78 is 0. The fraction of sp³-hybridized carbons (Fsp3) is 0.588. The Balaban J connectivity index is 2.12. The van der Waals surface area contributed by atoms with Gasteiger partial charge in [0.15, 0.2) is 0 Å². The molecule has 0 spiro atoms. The summed E-state index contributed by atoms with van der Waals surface area (Å²) in [4.78, 5) is 16.9. The highest BCUT2D eigenvalue weighted by Gasteiger charge is 2.19. The van der Waals surface area contributed by atoms with Crippen LogP contribution in [0.4, 0.5) is 5.69 Å². The lowest BCUT2D eigenvalue weighted by atomic mass is 10.1. The molecule has 0 bridgehead atoms. The van der Waals surface area contributed by atoms with Gasteiger partial charge in [-0.15, -0.1) is 0 Å². The third-order valence-electron chi connectivity index (χ3n) is 3.75. The Labute approximate surface area is 128 Å². The molecule has 1 amide bonds. The van der Waals surface area contributed by atoms with Crippen molar-refractivity contribution in [3.05, 3.63) is 29.3 Å². The minimum atomic E-state index is 0.153. The number of nitrogens with zero attached hydrogens (tertiary/aromatic N) is 2. The molecule has 2 rings (SSSR count). The van der Waals surface area contributed by atoms with Gasteiger partial charge in [-0.2, -0.15) is 0 Å². The molecule has 1 N–H and O–H groups in total. The van der Waals surface area contributed by atoms with Gasteiger partial charge in [0.25, 0.3) is 5.91 Å². The van der Waals surface area contributed by atoms with Crippen LogP contribution in [-0.4, -0.2) is 56.0 Å². The molecule has 1 aromatic carbocycles. The van der Waals surface area contributed by atoms with Gasteiger partial charge in [0.2, 0.25) is 0 Å². The number of likely N-dealkylation sites (N-methyl/N-ethyl adjacent to an activating group) is 1. The normalized spacial score (nSPS) is 13.4. The van der Waals surface area contributed by atoms with Crippen molar-refractivity contribution in [2.45, 2.75) is 20.3 Å². The van der Waals surface area contributed by atoms with Gasteiger partial charge in [-0.1, -0.05) is 13.8 Å². The van der Waals surface area contributed by atoms with Crippen molar-refractivity contribution in [3.63, 3.8) is 0 Å². The summed E-state index contributed by atoms with van der Waals surface area (Å²) in [6.07, 6.45) is 1.01. The van der Waals surface area contributed by atoms with Gasteiger partial charge < -0.3 is 15.1 Å². The molecular weight excluding hydrogens is 262 g/mol. The second-order valence-electron chi connectivity index (χ2n) is 6.50. The molecule has 116 valence electrons. The van der Waals surface area contributed by atoms with Crippen molar-refractivity contribution in [2.24, 2.45) is 5.92 Å². The third kappa shape index (κ3) is 4.21. The van der Waals surface area contributed by atoms with E-state index in [1.54, 1.807) is 0 Å². The minimum absolute atomic E-state index is 0.153. The number of hydrogen-bond donors (Lipinski definition) is 1. The quantitative estimate of drug-likeness (QED) is 0.873. The minimum Gasteiger partial charge on any atom is -0.384 e. The molecule has 21 heavy (non-hydrogen) atoms. The summed E-state index contributed by atoms with van der Waals surface area (Å²) in [6, 6.07) is 6.04. The molecule has 0 radical (unpaired) electrons. The Hall–Kier alpha value is -1.55. The van der Waals surface area contributed by atoms with Crippen LogP contribution in [0.3, 0.4) is 0 Å². The molecule has 1 aliphatic rings. The second kappa shape index (κ2) is 6.94. The van der Waals surface area contributed by atoms with Gasteiger partial charge in [-0.05, 0) is 50.2 Å². The Bertz CT molecular complexity index is 497. The van der Waals surface area contributed by atoms with E-state index < -0.39 is 0 Å². The van der Waals surface area contributed by atoms with Crippen LogP contribution in [-0.2, 0) is 6.42 Å². The maximum absolute atomic E-state index is 12.8. The van der Waals surface area contributed by atoms with Gasteiger partial charge in [-0.25, -0.2) is 0 Å². The summed E-state index contributed by atoms with van der Waals surface area (Å²) in [5.41, 5.74) is 3.25. The lowest BCUT2D eigenvalue weighted by Gasteiger charge is -2.26. The number of fused-ring (bicyclic) bond motifs is 1. The van der Waals surface area contributed by atoms with Crippen LogP contribution in [0.5, 0.6) is 0 Å². The summed E-state index contributed by atoms with van der Waals surface area (Å²) in [6.45, 7) is 7.76. The first-order valence-electron chi connectivity index (χ1n) is 7.78. The molecule has 0 atom stereocenters. The monoisotopic (exact) mass is 289 g/mol. The van der Waals surface area contributed by atoms with Gasteiger partial charge in [-0.3, -0.25) is 4.79 Å². The lowest BCUT2D eigenvalue weighted by Crippen LogP contribution is -2.39. The molecule has 4 heteroatoms. The van der Waals surface area contributed by atoms with Crippen LogP contribution in [0.15, 0.2) is 18.2 Å². The molecule has 1 heterocycles. The topological polar surface area (TPSA) is 35.6 Å². The van der Waals surface area contributed by atoms with Crippen LogP contribution in [0, 0.1) is 5.92 Å². The van der Waals surface area contributed by atoms with Crippen molar-refractivity contribution in [3.8, 4) is 0 Å². The zero-order chi connectivity index (χ0) is 15.4. The van der Waals surface area contributed by atoms with Crippen LogP contribution >= 0.6 is 0 Å². The zero-order valence-corrected chi connectivity index (χ0v) is 13.6. The van der Waals surface area contributed by atoms with E-state index in [1.165, 1.54) is 11.3 Å². The van der Waals surface area contributed by atoms with Crippen LogP contribution in [0.2, 0.25) is 0 Å². The van der Waals surface area contributed by atoms with E-state index >= 15 is 0 Å². The molecule has 0 fully saturated rings. The number of anilines is 1. The first kappa shape index (κ1) is 15.8. The SMILES string of the molecule is CC(C)CN(CCN(C)C)C(=O)c1ccc2c(c1)CCN2. The Morgan fingerprint density at radius 2 is 2.05 bits per heavy atom. The summed E-state index contributed by atoms with van der Waals surface area (Å²) >= 11 is 0. The maximum Gasteiger partial charge on any atom is 0.253 e. The number of nitrogens with one attached hydrogen (secondary N) is 1. The van der Waals surface area contributed by atoms with E-state index in [0.29, 0.717) is 5.92 Å². The van der Waals surface area contributed by atoms with Crippen molar-refractivity contribution >= 4 is 11.6 Å². The first-order chi connectivity index (χ1) is 9.97. The average molecular weight is 289 g/mol. The van der Waals surface area contributed by atoms with Gasteiger partial charge in [0.05, 0.1) is 0 Å². The van der Waals surface area contributed by atoms with Crippen molar-refractivity contribution in [2.75, 3.05) is 45.6 Å². The number of hydrogen-bond acceptors (Lipinski definition) is 3. The Kier molecular flexibility index (Phi) is 5.23. The van der Waals surface area contributed by atoms with Crippen LogP contribution in [0.1, 0.15) is 29.8 Å². The summed E-state index contributed by atoms with van der Waals surface area (Å²) in [5, 5.41) is 3.34. The van der Waals surface area contributed by atoms with E-state index in [0.717, 1.165) is 38.2 Å². The summed E-state index contributed by atoms with van der Waals surface area (Å²) in [5.74, 6) is 0.632. The maximum atomic E-state index is 12.8. The Morgan fingerprint density at radius 1 is 1.29 bits per heavy atom.